The molecule has 0 saturated heterocycles. The Bertz CT molecular complexity index is 144. The molecular formula is C8H14F3N. The summed E-state index contributed by atoms with van der Waals surface area (Å²) in [6, 6.07) is 0.00681. The zero-order valence-electron chi connectivity index (χ0n) is 6.90. The van der Waals surface area contributed by atoms with E-state index in [9.17, 15) is 13.2 Å². The third-order valence-electron chi connectivity index (χ3n) is 2.52. The van der Waals surface area contributed by atoms with E-state index in [0.717, 1.165) is 19.3 Å². The van der Waals surface area contributed by atoms with Crippen LogP contribution in [0.1, 0.15) is 32.1 Å². The first-order valence-corrected chi connectivity index (χ1v) is 4.31. The van der Waals surface area contributed by atoms with Crippen molar-refractivity contribution in [3.05, 3.63) is 0 Å². The summed E-state index contributed by atoms with van der Waals surface area (Å²) in [5, 5.41) is 0. The molecule has 72 valence electrons. The lowest BCUT2D eigenvalue weighted by molar-refractivity contribution is -0.137. The first-order valence-electron chi connectivity index (χ1n) is 4.31. The van der Waals surface area contributed by atoms with Crippen LogP contribution in [0, 0.1) is 5.92 Å². The second-order valence-electron chi connectivity index (χ2n) is 3.51. The van der Waals surface area contributed by atoms with Crippen LogP contribution in [-0.2, 0) is 0 Å². The van der Waals surface area contributed by atoms with Gasteiger partial charge in [-0.25, -0.2) is 0 Å². The Balaban J connectivity index is 2.23. The first kappa shape index (κ1) is 9.84. The lowest BCUT2D eigenvalue weighted by Crippen LogP contribution is -2.25. The van der Waals surface area contributed by atoms with Crippen molar-refractivity contribution in [1.29, 1.82) is 0 Å². The minimum atomic E-state index is -4.01. The van der Waals surface area contributed by atoms with Gasteiger partial charge in [0.2, 0.25) is 0 Å². The van der Waals surface area contributed by atoms with Gasteiger partial charge in [0.25, 0.3) is 0 Å². The standard InChI is InChI=1S/C8H14F3N/c9-8(10,11)5-4-6-2-1-3-7(6)12/h6-7H,1-5,12H2. The normalized spacial score (nSPS) is 31.0. The van der Waals surface area contributed by atoms with Gasteiger partial charge in [0.05, 0.1) is 0 Å². The molecule has 0 heterocycles. The highest BCUT2D eigenvalue weighted by Crippen LogP contribution is 2.32. The van der Waals surface area contributed by atoms with Crippen LogP contribution < -0.4 is 5.73 Å². The van der Waals surface area contributed by atoms with Crippen molar-refractivity contribution in [2.45, 2.75) is 44.3 Å². The van der Waals surface area contributed by atoms with Crippen molar-refractivity contribution in [2.24, 2.45) is 11.7 Å². The average molecular weight is 181 g/mol. The lowest BCUT2D eigenvalue weighted by atomic mass is 9.98. The summed E-state index contributed by atoms with van der Waals surface area (Å²) in [4.78, 5) is 0. The Morgan fingerprint density at radius 3 is 2.33 bits per heavy atom. The summed E-state index contributed by atoms with van der Waals surface area (Å²) >= 11 is 0. The van der Waals surface area contributed by atoms with Gasteiger partial charge in [-0.2, -0.15) is 13.2 Å². The number of nitrogens with two attached hydrogens (primary N) is 1. The van der Waals surface area contributed by atoms with E-state index in [4.69, 9.17) is 5.73 Å². The third kappa shape index (κ3) is 3.01. The maximum absolute atomic E-state index is 11.8. The Hall–Kier alpha value is -0.250. The quantitative estimate of drug-likeness (QED) is 0.695. The predicted octanol–water partition coefficient (Wildman–Crippen LogP) is 2.46. The molecule has 1 nitrogen and oxygen atoms in total. The fourth-order valence-electron chi connectivity index (χ4n) is 1.77. The highest BCUT2D eigenvalue weighted by molar-refractivity contribution is 4.80. The summed E-state index contributed by atoms with van der Waals surface area (Å²) in [7, 11) is 0. The van der Waals surface area contributed by atoms with Crippen molar-refractivity contribution < 1.29 is 13.2 Å². The maximum atomic E-state index is 11.8. The third-order valence-corrected chi connectivity index (χ3v) is 2.52. The molecule has 0 amide bonds. The topological polar surface area (TPSA) is 26.0 Å². The van der Waals surface area contributed by atoms with Gasteiger partial charge < -0.3 is 5.73 Å². The zero-order chi connectivity index (χ0) is 9.19. The van der Waals surface area contributed by atoms with Crippen LogP contribution in [0.2, 0.25) is 0 Å². The van der Waals surface area contributed by atoms with Gasteiger partial charge in [0, 0.05) is 12.5 Å². The molecule has 2 atom stereocenters. The molecule has 0 spiro atoms. The molecule has 2 N–H and O–H groups in total. The SMILES string of the molecule is NC1CCCC1CCC(F)(F)F. The van der Waals surface area contributed by atoms with Crippen LogP contribution in [0.25, 0.3) is 0 Å². The van der Waals surface area contributed by atoms with Gasteiger partial charge in [-0.3, -0.25) is 0 Å². The van der Waals surface area contributed by atoms with Crippen molar-refractivity contribution in [2.75, 3.05) is 0 Å². The Morgan fingerprint density at radius 2 is 1.92 bits per heavy atom. The molecule has 1 saturated carbocycles. The fraction of sp³-hybridized carbons (Fsp3) is 1.00. The van der Waals surface area contributed by atoms with Gasteiger partial charge in [-0.05, 0) is 25.2 Å². The molecule has 0 aliphatic heterocycles. The van der Waals surface area contributed by atoms with E-state index in [1.54, 1.807) is 0 Å². The van der Waals surface area contributed by atoms with E-state index in [1.807, 2.05) is 0 Å². The summed E-state index contributed by atoms with van der Waals surface area (Å²) < 4.78 is 35.4. The lowest BCUT2D eigenvalue weighted by Gasteiger charge is -2.15. The average Bonchev–Trinajstić information content (AvgIpc) is 2.29. The molecule has 0 aromatic heterocycles. The van der Waals surface area contributed by atoms with E-state index in [-0.39, 0.29) is 18.4 Å². The Labute approximate surface area is 70.1 Å². The van der Waals surface area contributed by atoms with Crippen molar-refractivity contribution in [1.82, 2.24) is 0 Å². The van der Waals surface area contributed by atoms with Crippen LogP contribution in [0.5, 0.6) is 0 Å². The van der Waals surface area contributed by atoms with Crippen LogP contribution in [0.3, 0.4) is 0 Å². The summed E-state index contributed by atoms with van der Waals surface area (Å²) in [5.41, 5.74) is 5.64. The van der Waals surface area contributed by atoms with Crippen LogP contribution in [0.15, 0.2) is 0 Å². The fourth-order valence-corrected chi connectivity index (χ4v) is 1.77. The van der Waals surface area contributed by atoms with E-state index < -0.39 is 12.6 Å². The zero-order valence-corrected chi connectivity index (χ0v) is 6.90. The van der Waals surface area contributed by atoms with Crippen LogP contribution in [-0.4, -0.2) is 12.2 Å². The molecule has 0 bridgehead atoms. The highest BCUT2D eigenvalue weighted by atomic mass is 19.4. The second-order valence-corrected chi connectivity index (χ2v) is 3.51. The minimum Gasteiger partial charge on any atom is -0.327 e. The van der Waals surface area contributed by atoms with Crippen LogP contribution >= 0.6 is 0 Å². The van der Waals surface area contributed by atoms with Crippen molar-refractivity contribution in [3.63, 3.8) is 0 Å². The van der Waals surface area contributed by atoms with Crippen molar-refractivity contribution >= 4 is 0 Å². The first-order chi connectivity index (χ1) is 5.49. The molecule has 0 radical (unpaired) electrons. The monoisotopic (exact) mass is 181 g/mol. The molecule has 1 fully saturated rings. The molecule has 0 aromatic rings. The summed E-state index contributed by atoms with van der Waals surface area (Å²) in [6.45, 7) is 0. The minimum absolute atomic E-state index is 0.00681. The predicted molar refractivity (Wildman–Crippen MR) is 40.6 cm³/mol. The number of hydrogen-bond donors (Lipinski definition) is 1. The van der Waals surface area contributed by atoms with E-state index in [1.165, 1.54) is 0 Å². The van der Waals surface area contributed by atoms with E-state index in [2.05, 4.69) is 0 Å². The Morgan fingerprint density at radius 1 is 1.25 bits per heavy atom. The second kappa shape index (κ2) is 3.64. The van der Waals surface area contributed by atoms with Gasteiger partial charge in [0.1, 0.15) is 0 Å². The summed E-state index contributed by atoms with van der Waals surface area (Å²) in [5.74, 6) is 0.103. The molecular weight excluding hydrogens is 167 g/mol. The number of rotatable bonds is 2. The molecule has 2 unspecified atom stereocenters. The number of hydrogen-bond acceptors (Lipinski definition) is 1. The molecule has 4 heteroatoms. The molecule has 1 aliphatic rings. The molecule has 12 heavy (non-hydrogen) atoms. The van der Waals surface area contributed by atoms with E-state index >= 15 is 0 Å². The maximum Gasteiger partial charge on any atom is 0.389 e. The van der Waals surface area contributed by atoms with Gasteiger partial charge in [0.15, 0.2) is 0 Å². The molecule has 1 aliphatic carbocycles. The van der Waals surface area contributed by atoms with Gasteiger partial charge in [-0.1, -0.05) is 6.42 Å². The van der Waals surface area contributed by atoms with Crippen molar-refractivity contribution in [3.8, 4) is 0 Å². The highest BCUT2D eigenvalue weighted by Gasteiger charge is 2.31. The Kier molecular flexibility index (Phi) is 2.99. The van der Waals surface area contributed by atoms with E-state index in [0.29, 0.717) is 0 Å². The number of halogens is 3. The largest absolute Gasteiger partial charge is 0.389 e. The van der Waals surface area contributed by atoms with Gasteiger partial charge in [-0.15, -0.1) is 0 Å². The summed E-state index contributed by atoms with van der Waals surface area (Å²) in [6.07, 6.45) is -1.72. The molecule has 0 aromatic carbocycles. The smallest absolute Gasteiger partial charge is 0.327 e. The number of alkyl halides is 3. The molecule has 1 rings (SSSR count). The van der Waals surface area contributed by atoms with Gasteiger partial charge >= 0.3 is 6.18 Å². The van der Waals surface area contributed by atoms with Crippen LogP contribution in [0.4, 0.5) is 13.2 Å².